The minimum Gasteiger partial charge on any atom is -0.481 e. The van der Waals surface area contributed by atoms with Crippen molar-refractivity contribution in [1.82, 2.24) is 9.55 Å². The molecule has 2 fully saturated rings. The van der Waals surface area contributed by atoms with E-state index in [2.05, 4.69) is 4.98 Å². The van der Waals surface area contributed by atoms with Gasteiger partial charge in [-0.3, -0.25) is 4.79 Å². The number of rotatable bonds is 8. The largest absolute Gasteiger partial charge is 0.481 e. The predicted octanol–water partition coefficient (Wildman–Crippen LogP) is 4.04. The Bertz CT molecular complexity index is 1010. The predicted molar refractivity (Wildman–Crippen MR) is 112 cm³/mol. The van der Waals surface area contributed by atoms with E-state index in [-0.39, 0.29) is 30.0 Å². The summed E-state index contributed by atoms with van der Waals surface area (Å²) in [4.78, 5) is 27.5. The van der Waals surface area contributed by atoms with Crippen molar-refractivity contribution >= 4 is 11.9 Å². The number of ether oxygens (including phenoxy) is 2. The number of hydrogen-bond acceptors (Lipinski definition) is 5. The number of aromatic nitrogens is 2. The van der Waals surface area contributed by atoms with Crippen molar-refractivity contribution in [2.75, 3.05) is 0 Å². The molecule has 0 unspecified atom stereocenters. The molecule has 2 atom stereocenters. The monoisotopic (exact) mass is 446 g/mol. The first kappa shape index (κ1) is 22.4. The van der Waals surface area contributed by atoms with Crippen LogP contribution in [0.25, 0.3) is 11.4 Å². The zero-order chi connectivity index (χ0) is 23.0. The highest BCUT2D eigenvalue weighted by atomic mass is 19.1. The molecule has 1 aliphatic heterocycles. The summed E-state index contributed by atoms with van der Waals surface area (Å²) in [5.41, 5.74) is 1.35. The Morgan fingerprint density at radius 2 is 1.81 bits per heavy atom. The average molecular weight is 446 g/mol. The lowest BCUT2D eigenvalue weighted by molar-refractivity contribution is -0.300. The molecule has 0 radical (unpaired) electrons. The summed E-state index contributed by atoms with van der Waals surface area (Å²) in [6.07, 6.45) is 1.94. The van der Waals surface area contributed by atoms with Crippen LogP contribution < -0.4 is 0 Å². The van der Waals surface area contributed by atoms with Crippen molar-refractivity contribution in [3.8, 4) is 11.4 Å². The lowest BCUT2D eigenvalue weighted by atomic mass is 10.0. The van der Waals surface area contributed by atoms with Gasteiger partial charge >= 0.3 is 11.9 Å². The lowest BCUT2D eigenvalue weighted by Crippen LogP contribution is -2.45. The number of nitrogens with zero attached hydrogens (tertiary/aromatic N) is 2. The summed E-state index contributed by atoms with van der Waals surface area (Å²) in [7, 11) is 0. The molecule has 9 heteroatoms. The number of carboxylic acids is 2. The maximum Gasteiger partial charge on any atom is 0.356 e. The summed E-state index contributed by atoms with van der Waals surface area (Å²) in [5.74, 6) is -2.69. The van der Waals surface area contributed by atoms with Crippen LogP contribution in [0, 0.1) is 5.82 Å². The average Bonchev–Trinajstić information content (AvgIpc) is 3.45. The minimum atomic E-state index is -1.08. The van der Waals surface area contributed by atoms with E-state index in [9.17, 15) is 19.1 Å². The second-order valence-electron chi connectivity index (χ2n) is 8.91. The van der Waals surface area contributed by atoms with E-state index in [4.69, 9.17) is 14.6 Å². The highest BCUT2D eigenvalue weighted by molar-refractivity contribution is 5.88. The van der Waals surface area contributed by atoms with Crippen molar-refractivity contribution in [3.63, 3.8) is 0 Å². The fraction of sp³-hybridized carbons (Fsp3) is 0.522. The highest BCUT2D eigenvalue weighted by Crippen LogP contribution is 2.43. The van der Waals surface area contributed by atoms with E-state index in [1.165, 1.54) is 12.1 Å². The second-order valence-corrected chi connectivity index (χ2v) is 8.91. The van der Waals surface area contributed by atoms with Crippen LogP contribution in [0.5, 0.6) is 0 Å². The van der Waals surface area contributed by atoms with Crippen LogP contribution in [-0.4, -0.2) is 49.7 Å². The Morgan fingerprint density at radius 1 is 1.16 bits per heavy atom. The molecule has 172 valence electrons. The number of carbonyl (C=O) groups is 2. The molecule has 1 aromatic heterocycles. The van der Waals surface area contributed by atoms with E-state index in [1.54, 1.807) is 26.0 Å². The first-order valence-corrected chi connectivity index (χ1v) is 10.8. The second kappa shape index (κ2) is 8.63. The van der Waals surface area contributed by atoms with Crippen LogP contribution in [-0.2, 0) is 20.8 Å². The molecule has 1 aromatic carbocycles. The smallest absolute Gasteiger partial charge is 0.356 e. The van der Waals surface area contributed by atoms with Crippen LogP contribution >= 0.6 is 0 Å². The molecule has 2 N–H and O–H groups in total. The molecule has 2 aromatic rings. The van der Waals surface area contributed by atoms with Gasteiger partial charge in [0, 0.05) is 24.4 Å². The molecule has 0 spiro atoms. The van der Waals surface area contributed by atoms with Gasteiger partial charge in [0.25, 0.3) is 0 Å². The normalized spacial score (nSPS) is 22.6. The molecule has 8 nitrogen and oxygen atoms in total. The summed E-state index contributed by atoms with van der Waals surface area (Å²) < 4.78 is 27.1. The topological polar surface area (TPSA) is 111 Å². The fourth-order valence-corrected chi connectivity index (χ4v) is 4.43. The van der Waals surface area contributed by atoms with Crippen LogP contribution in [0.2, 0.25) is 0 Å². The van der Waals surface area contributed by atoms with Gasteiger partial charge in [0.05, 0.1) is 24.3 Å². The number of aliphatic carboxylic acids is 1. The van der Waals surface area contributed by atoms with Crippen molar-refractivity contribution in [1.29, 1.82) is 0 Å². The van der Waals surface area contributed by atoms with Crippen molar-refractivity contribution in [2.24, 2.45) is 0 Å². The molecule has 32 heavy (non-hydrogen) atoms. The number of carboxylic acid groups (broad SMARTS) is 2. The van der Waals surface area contributed by atoms with Crippen molar-refractivity contribution < 1.29 is 33.7 Å². The van der Waals surface area contributed by atoms with Gasteiger partial charge in [-0.25, -0.2) is 14.2 Å². The highest BCUT2D eigenvalue weighted by Gasteiger charge is 2.38. The number of imidazole rings is 1. The summed E-state index contributed by atoms with van der Waals surface area (Å²) in [6.45, 7) is 3.96. The van der Waals surface area contributed by atoms with E-state index in [0.717, 1.165) is 12.8 Å². The maximum atomic E-state index is 13.5. The van der Waals surface area contributed by atoms with Crippen LogP contribution in [0.1, 0.15) is 68.1 Å². The molecule has 1 aliphatic carbocycles. The Hall–Kier alpha value is -2.78. The summed E-state index contributed by atoms with van der Waals surface area (Å²) in [6, 6.07) is 5.83. The molecular formula is C23H27FN2O6. The molecule has 4 rings (SSSR count). The van der Waals surface area contributed by atoms with Gasteiger partial charge in [-0.1, -0.05) is 0 Å². The quantitative estimate of drug-likeness (QED) is 0.630. The molecule has 0 bridgehead atoms. The van der Waals surface area contributed by atoms with Crippen molar-refractivity contribution in [2.45, 2.75) is 76.4 Å². The molecule has 1 saturated carbocycles. The van der Waals surface area contributed by atoms with Gasteiger partial charge in [0.1, 0.15) is 11.6 Å². The third kappa shape index (κ3) is 4.99. The first-order chi connectivity index (χ1) is 15.1. The summed E-state index contributed by atoms with van der Waals surface area (Å²) in [5, 5.41) is 18.9. The third-order valence-corrected chi connectivity index (χ3v) is 5.78. The Balaban J connectivity index is 1.63. The SMILES string of the molecule is CC1(C)O[C@H](CCn2c(-c3ccc(F)cc3)nc(C(=O)O)c2C2CC2)C[C@H](CC(=O)O)O1. The third-order valence-electron chi connectivity index (χ3n) is 5.78. The van der Waals surface area contributed by atoms with Crippen LogP contribution in [0.3, 0.4) is 0 Å². The number of halogens is 1. The first-order valence-electron chi connectivity index (χ1n) is 10.8. The molecule has 0 amide bonds. The van der Waals surface area contributed by atoms with E-state index >= 15 is 0 Å². The fourth-order valence-electron chi connectivity index (χ4n) is 4.43. The Morgan fingerprint density at radius 3 is 2.41 bits per heavy atom. The van der Waals surface area contributed by atoms with Gasteiger partial charge in [-0.2, -0.15) is 0 Å². The zero-order valence-corrected chi connectivity index (χ0v) is 18.1. The van der Waals surface area contributed by atoms with Crippen LogP contribution in [0.4, 0.5) is 4.39 Å². The van der Waals surface area contributed by atoms with Crippen molar-refractivity contribution in [3.05, 3.63) is 41.5 Å². The molecule has 1 saturated heterocycles. The van der Waals surface area contributed by atoms with Gasteiger partial charge in [0.2, 0.25) is 0 Å². The number of hydrogen-bond donors (Lipinski definition) is 2. The van der Waals surface area contributed by atoms with Gasteiger partial charge in [-0.05, 0) is 57.4 Å². The number of aromatic carboxylic acids is 1. The molecular weight excluding hydrogens is 419 g/mol. The van der Waals surface area contributed by atoms with Gasteiger partial charge in [0.15, 0.2) is 11.5 Å². The number of benzene rings is 1. The maximum absolute atomic E-state index is 13.5. The van der Waals surface area contributed by atoms with Crippen LogP contribution in [0.15, 0.2) is 24.3 Å². The standard InChI is InChI=1S/C23H27FN2O6/c1-23(2)31-16(11-17(32-23)12-18(27)28)9-10-26-20(13-3-4-13)19(22(29)30)25-21(26)14-5-7-15(24)8-6-14/h5-8,13,16-17H,3-4,9-12H2,1-2H3,(H,27,28)(H,29,30)/t16-,17-/m1/s1. The van der Waals surface area contributed by atoms with E-state index < -0.39 is 23.8 Å². The van der Waals surface area contributed by atoms with Gasteiger partial charge < -0.3 is 24.3 Å². The minimum absolute atomic E-state index is 0.0313. The van der Waals surface area contributed by atoms with E-state index in [0.29, 0.717) is 36.5 Å². The Kier molecular flexibility index (Phi) is 6.05. The molecule has 2 heterocycles. The van der Waals surface area contributed by atoms with E-state index in [1.807, 2.05) is 4.57 Å². The Labute approximate surface area is 185 Å². The zero-order valence-electron chi connectivity index (χ0n) is 18.1. The lowest BCUT2D eigenvalue weighted by Gasteiger charge is -2.40. The molecule has 2 aliphatic rings. The summed E-state index contributed by atoms with van der Waals surface area (Å²) >= 11 is 0. The van der Waals surface area contributed by atoms with Gasteiger partial charge in [-0.15, -0.1) is 0 Å².